The van der Waals surface area contributed by atoms with E-state index in [1.54, 1.807) is 24.3 Å². The van der Waals surface area contributed by atoms with Crippen LogP contribution in [0.1, 0.15) is 15.9 Å². The van der Waals surface area contributed by atoms with E-state index >= 15 is 0 Å². The van der Waals surface area contributed by atoms with Crippen molar-refractivity contribution in [1.29, 1.82) is 0 Å². The molecule has 2 N–H and O–H groups in total. The molecule has 0 bridgehead atoms. The van der Waals surface area contributed by atoms with Crippen molar-refractivity contribution in [3.63, 3.8) is 0 Å². The molecule has 7 nitrogen and oxygen atoms in total. The van der Waals surface area contributed by atoms with Gasteiger partial charge < -0.3 is 10.2 Å². The molecule has 0 unspecified atom stereocenters. The van der Waals surface area contributed by atoms with Crippen molar-refractivity contribution in [2.75, 3.05) is 20.6 Å². The summed E-state index contributed by atoms with van der Waals surface area (Å²) in [7, 11) is -1.57. The Morgan fingerprint density at radius 1 is 1.04 bits per heavy atom. The highest BCUT2D eigenvalue weighted by atomic mass is 32.2. The highest BCUT2D eigenvalue weighted by molar-refractivity contribution is 7.89. The third-order valence-electron chi connectivity index (χ3n) is 3.89. The highest BCUT2D eigenvalue weighted by Gasteiger charge is 2.24. The monoisotopic (exact) mass is 411 g/mol. The van der Waals surface area contributed by atoms with Gasteiger partial charge in [-0.05, 0) is 29.8 Å². The molecule has 2 aromatic rings. The molecular weight excluding hydrogens is 392 g/mol. The number of carbonyl (C=O) groups is 2. The average molecular weight is 411 g/mol. The van der Waals surface area contributed by atoms with E-state index in [1.807, 2.05) is 4.72 Å². The Balaban J connectivity index is 2.00. The standard InChI is InChI=1S/C18H19F2N3O4S/c1-21-18(25)13-8-6-12(7-9-13)11-23(2)16(24)10-22-28(26,27)17-14(19)4-3-5-15(17)20/h3-9,22H,10-11H2,1-2H3,(H,21,25). The van der Waals surface area contributed by atoms with Gasteiger partial charge in [-0.2, -0.15) is 0 Å². The average Bonchev–Trinajstić information content (AvgIpc) is 2.65. The molecule has 0 fully saturated rings. The van der Waals surface area contributed by atoms with Gasteiger partial charge >= 0.3 is 0 Å². The summed E-state index contributed by atoms with van der Waals surface area (Å²) < 4.78 is 53.4. The number of sulfonamides is 1. The third kappa shape index (κ3) is 5.11. The zero-order chi connectivity index (χ0) is 20.9. The summed E-state index contributed by atoms with van der Waals surface area (Å²) in [6.07, 6.45) is 0. The molecule has 2 rings (SSSR count). The maximum absolute atomic E-state index is 13.6. The van der Waals surface area contributed by atoms with E-state index in [-0.39, 0.29) is 12.5 Å². The molecule has 10 heteroatoms. The second kappa shape index (κ2) is 8.89. The van der Waals surface area contributed by atoms with Crippen molar-refractivity contribution in [2.45, 2.75) is 11.4 Å². The molecule has 0 heterocycles. The van der Waals surface area contributed by atoms with Crippen molar-refractivity contribution in [3.8, 4) is 0 Å². The van der Waals surface area contributed by atoms with Crippen molar-refractivity contribution in [2.24, 2.45) is 0 Å². The molecule has 150 valence electrons. The number of halogens is 2. The van der Waals surface area contributed by atoms with Crippen molar-refractivity contribution < 1.29 is 26.8 Å². The quantitative estimate of drug-likeness (QED) is 0.717. The summed E-state index contributed by atoms with van der Waals surface area (Å²) in [6, 6.07) is 9.17. The Kier molecular flexibility index (Phi) is 6.81. The maximum atomic E-state index is 13.6. The Bertz CT molecular complexity index is 959. The summed E-state index contributed by atoms with van der Waals surface area (Å²) in [6.45, 7) is -0.508. The van der Waals surface area contributed by atoms with Gasteiger partial charge in [-0.15, -0.1) is 0 Å². The lowest BCUT2D eigenvalue weighted by atomic mass is 10.1. The fourth-order valence-corrected chi connectivity index (χ4v) is 3.48. The van der Waals surface area contributed by atoms with E-state index in [2.05, 4.69) is 5.32 Å². The van der Waals surface area contributed by atoms with Crippen LogP contribution in [0, 0.1) is 11.6 Å². The molecule has 0 aliphatic heterocycles. The molecule has 0 aromatic heterocycles. The smallest absolute Gasteiger partial charge is 0.251 e. The van der Waals surface area contributed by atoms with Gasteiger partial charge in [0.05, 0.1) is 6.54 Å². The van der Waals surface area contributed by atoms with E-state index in [1.165, 1.54) is 19.0 Å². The van der Waals surface area contributed by atoms with Gasteiger partial charge in [0.1, 0.15) is 11.6 Å². The zero-order valence-corrected chi connectivity index (χ0v) is 16.0. The van der Waals surface area contributed by atoms with Crippen LogP contribution >= 0.6 is 0 Å². The molecule has 0 aliphatic rings. The van der Waals surface area contributed by atoms with Crippen LogP contribution in [0.3, 0.4) is 0 Å². The third-order valence-corrected chi connectivity index (χ3v) is 5.34. The van der Waals surface area contributed by atoms with E-state index in [0.717, 1.165) is 18.2 Å². The lowest BCUT2D eigenvalue weighted by Crippen LogP contribution is -2.38. The fourth-order valence-electron chi connectivity index (χ4n) is 2.37. The maximum Gasteiger partial charge on any atom is 0.251 e. The number of carbonyl (C=O) groups excluding carboxylic acids is 2. The fraction of sp³-hybridized carbons (Fsp3) is 0.222. The number of nitrogens with zero attached hydrogens (tertiary/aromatic N) is 1. The number of likely N-dealkylation sites (N-methyl/N-ethyl adjacent to an activating group) is 1. The number of amides is 2. The van der Waals surface area contributed by atoms with Crippen LogP contribution in [0.5, 0.6) is 0 Å². The SMILES string of the molecule is CNC(=O)c1ccc(CN(C)C(=O)CNS(=O)(=O)c2c(F)cccc2F)cc1. The Morgan fingerprint density at radius 2 is 1.61 bits per heavy atom. The van der Waals surface area contributed by atoms with Crippen LogP contribution in [0.25, 0.3) is 0 Å². The minimum atomic E-state index is -4.53. The molecule has 28 heavy (non-hydrogen) atoms. The van der Waals surface area contributed by atoms with E-state index < -0.39 is 39.0 Å². The zero-order valence-electron chi connectivity index (χ0n) is 15.2. The van der Waals surface area contributed by atoms with Gasteiger partial charge in [0, 0.05) is 26.2 Å². The minimum absolute atomic E-state index is 0.155. The number of benzene rings is 2. The summed E-state index contributed by atoms with van der Waals surface area (Å²) in [5, 5.41) is 2.49. The summed E-state index contributed by atoms with van der Waals surface area (Å²) >= 11 is 0. The summed E-state index contributed by atoms with van der Waals surface area (Å²) in [5.41, 5.74) is 1.17. The van der Waals surface area contributed by atoms with Crippen LogP contribution < -0.4 is 10.0 Å². The molecule has 0 saturated carbocycles. The first-order valence-corrected chi connectivity index (χ1v) is 9.62. The molecule has 2 aromatic carbocycles. The number of rotatable bonds is 7. The minimum Gasteiger partial charge on any atom is -0.355 e. The molecule has 0 saturated heterocycles. The number of nitrogens with one attached hydrogen (secondary N) is 2. The van der Waals surface area contributed by atoms with Crippen LogP contribution in [0.4, 0.5) is 8.78 Å². The second-order valence-corrected chi connectivity index (χ2v) is 7.60. The molecule has 0 radical (unpaired) electrons. The first kappa shape index (κ1) is 21.5. The number of hydrogen-bond acceptors (Lipinski definition) is 4. The van der Waals surface area contributed by atoms with Gasteiger partial charge in [-0.3, -0.25) is 9.59 Å². The van der Waals surface area contributed by atoms with Crippen molar-refractivity contribution in [3.05, 3.63) is 65.2 Å². The van der Waals surface area contributed by atoms with Crippen LogP contribution in [-0.4, -0.2) is 45.8 Å². The largest absolute Gasteiger partial charge is 0.355 e. The Morgan fingerprint density at radius 3 is 2.14 bits per heavy atom. The van der Waals surface area contributed by atoms with E-state index in [4.69, 9.17) is 0 Å². The Labute approximate surface area is 161 Å². The van der Waals surface area contributed by atoms with Gasteiger partial charge in [-0.1, -0.05) is 18.2 Å². The van der Waals surface area contributed by atoms with Crippen molar-refractivity contribution >= 4 is 21.8 Å². The molecule has 0 aliphatic carbocycles. The van der Waals surface area contributed by atoms with Crippen LogP contribution in [0.2, 0.25) is 0 Å². The highest BCUT2D eigenvalue weighted by Crippen LogP contribution is 2.17. The topological polar surface area (TPSA) is 95.6 Å². The van der Waals surface area contributed by atoms with Gasteiger partial charge in [0.2, 0.25) is 15.9 Å². The summed E-state index contributed by atoms with van der Waals surface area (Å²) in [4.78, 5) is 23.8. The van der Waals surface area contributed by atoms with E-state index in [0.29, 0.717) is 11.1 Å². The number of hydrogen-bond donors (Lipinski definition) is 2. The predicted octanol–water partition coefficient (Wildman–Crippen LogP) is 1.26. The lowest BCUT2D eigenvalue weighted by Gasteiger charge is -2.18. The molecular formula is C18H19F2N3O4S. The van der Waals surface area contributed by atoms with Gasteiger partial charge in [0.25, 0.3) is 5.91 Å². The molecule has 0 atom stereocenters. The van der Waals surface area contributed by atoms with Crippen molar-refractivity contribution in [1.82, 2.24) is 14.9 Å². The predicted molar refractivity (Wildman–Crippen MR) is 97.9 cm³/mol. The van der Waals surface area contributed by atoms with Crippen LogP contribution in [-0.2, 0) is 21.4 Å². The first-order chi connectivity index (χ1) is 13.2. The van der Waals surface area contributed by atoms with Gasteiger partial charge in [0.15, 0.2) is 4.90 Å². The lowest BCUT2D eigenvalue weighted by molar-refractivity contribution is -0.129. The second-order valence-electron chi connectivity index (χ2n) is 5.90. The molecule has 0 spiro atoms. The Hall–Kier alpha value is -2.85. The molecule has 2 amide bonds. The summed E-state index contributed by atoms with van der Waals surface area (Å²) in [5.74, 6) is -3.34. The first-order valence-electron chi connectivity index (χ1n) is 8.14. The van der Waals surface area contributed by atoms with E-state index in [9.17, 15) is 26.8 Å². The van der Waals surface area contributed by atoms with Crippen LogP contribution in [0.15, 0.2) is 47.4 Å². The van der Waals surface area contributed by atoms with Gasteiger partial charge in [-0.25, -0.2) is 21.9 Å². The normalized spacial score (nSPS) is 11.1.